The Morgan fingerprint density at radius 3 is 1.48 bits per heavy atom. The lowest BCUT2D eigenvalue weighted by Gasteiger charge is -2.53. The smallest absolute Gasteiger partial charge is 0.312 e. The molecule has 0 fully saturated rings. The molecule has 1 aliphatic carbocycles. The predicted octanol–water partition coefficient (Wildman–Crippen LogP) is 6.14. The van der Waals surface area contributed by atoms with Gasteiger partial charge in [-0.3, -0.25) is 9.59 Å². The number of allylic oxidation sites excluding steroid dienone is 4. The van der Waals surface area contributed by atoms with Gasteiger partial charge in [0.2, 0.25) is 0 Å². The molecule has 0 heterocycles. The number of hydrogen-bond acceptors (Lipinski definition) is 3. The Bertz CT molecular complexity index is 634. The van der Waals surface area contributed by atoms with Crippen molar-refractivity contribution in [1.82, 2.24) is 0 Å². The Morgan fingerprint density at radius 1 is 0.852 bits per heavy atom. The number of ketones is 1. The van der Waals surface area contributed by atoms with Crippen LogP contribution in [0.1, 0.15) is 83.1 Å². The van der Waals surface area contributed by atoms with Crippen molar-refractivity contribution in [3.63, 3.8) is 0 Å². The van der Waals surface area contributed by atoms with E-state index in [0.717, 1.165) is 11.1 Å². The maximum atomic E-state index is 13.4. The molecular weight excluding hydrogens is 336 g/mol. The summed E-state index contributed by atoms with van der Waals surface area (Å²) in [6, 6.07) is 0. The summed E-state index contributed by atoms with van der Waals surface area (Å²) in [4.78, 5) is 26.4. The molecular formula is C24H40O3. The van der Waals surface area contributed by atoms with Crippen molar-refractivity contribution in [3.8, 4) is 0 Å². The van der Waals surface area contributed by atoms with Crippen LogP contribution < -0.4 is 0 Å². The minimum atomic E-state index is -0.824. The number of esters is 1. The molecule has 0 N–H and O–H groups in total. The summed E-state index contributed by atoms with van der Waals surface area (Å²) in [7, 11) is 0. The van der Waals surface area contributed by atoms with Crippen LogP contribution in [0.15, 0.2) is 23.3 Å². The minimum absolute atomic E-state index is 0.0922. The lowest BCUT2D eigenvalue weighted by Crippen LogP contribution is -2.52. The number of rotatable bonds is 3. The van der Waals surface area contributed by atoms with Crippen molar-refractivity contribution in [2.24, 2.45) is 27.1 Å². The van der Waals surface area contributed by atoms with Gasteiger partial charge in [-0.05, 0) is 37.0 Å². The van der Waals surface area contributed by atoms with Crippen LogP contribution in [0.25, 0.3) is 0 Å². The summed E-state index contributed by atoms with van der Waals surface area (Å²) >= 11 is 0. The van der Waals surface area contributed by atoms with E-state index in [1.54, 1.807) is 0 Å². The second-order valence-corrected chi connectivity index (χ2v) is 11.4. The summed E-state index contributed by atoms with van der Waals surface area (Å²) in [5.74, 6) is -0.141. The Morgan fingerprint density at radius 2 is 1.22 bits per heavy atom. The van der Waals surface area contributed by atoms with Gasteiger partial charge in [-0.15, -0.1) is 0 Å². The second-order valence-electron chi connectivity index (χ2n) is 11.4. The van der Waals surface area contributed by atoms with Gasteiger partial charge in [-0.25, -0.2) is 0 Å². The second kappa shape index (κ2) is 6.90. The first kappa shape index (κ1) is 23.7. The van der Waals surface area contributed by atoms with Gasteiger partial charge in [0.05, 0.1) is 12.0 Å². The SMILES string of the molecule is CCOC(=O)C(C)(C)C1(C(C)(C)C)C=C(C(C)(C)C)C(=O)C(C(C)(C)C)=C1. The van der Waals surface area contributed by atoms with E-state index in [2.05, 4.69) is 74.5 Å². The van der Waals surface area contributed by atoms with Gasteiger partial charge in [-0.1, -0.05) is 74.5 Å². The summed E-state index contributed by atoms with van der Waals surface area (Å²) in [6.45, 7) is 24.8. The van der Waals surface area contributed by atoms with E-state index >= 15 is 0 Å². The molecule has 27 heavy (non-hydrogen) atoms. The maximum absolute atomic E-state index is 13.4. The van der Waals surface area contributed by atoms with Gasteiger partial charge in [0.1, 0.15) is 0 Å². The molecule has 0 aromatic rings. The van der Waals surface area contributed by atoms with E-state index in [1.165, 1.54) is 0 Å². The first-order chi connectivity index (χ1) is 11.8. The highest BCUT2D eigenvalue weighted by molar-refractivity contribution is 6.11. The van der Waals surface area contributed by atoms with Gasteiger partial charge in [0, 0.05) is 16.6 Å². The third kappa shape index (κ3) is 4.07. The number of carbonyl (C=O) groups excluding carboxylic acids is 2. The van der Waals surface area contributed by atoms with Crippen LogP contribution in [0.5, 0.6) is 0 Å². The molecule has 3 heteroatoms. The Labute approximate surface area is 166 Å². The Balaban J connectivity index is 4.00. The lowest BCUT2D eigenvalue weighted by molar-refractivity contribution is -0.162. The first-order valence-corrected chi connectivity index (χ1v) is 10.0. The highest BCUT2D eigenvalue weighted by Crippen LogP contribution is 2.59. The molecule has 3 nitrogen and oxygen atoms in total. The molecule has 0 saturated carbocycles. The van der Waals surface area contributed by atoms with Crippen molar-refractivity contribution in [2.45, 2.75) is 83.1 Å². The summed E-state index contributed by atoms with van der Waals surface area (Å²) in [5, 5.41) is 0. The molecule has 0 radical (unpaired) electrons. The standard InChI is InChI=1S/C24H40O3/c1-13-27-19(26)23(11,12)24(22(8,9)10)14-16(20(2,3)4)18(25)17(15-24)21(5,6)7/h14-15H,13H2,1-12H3. The lowest BCUT2D eigenvalue weighted by atomic mass is 9.49. The van der Waals surface area contributed by atoms with Gasteiger partial charge >= 0.3 is 5.97 Å². The number of carbonyl (C=O) groups is 2. The van der Waals surface area contributed by atoms with Crippen LogP contribution >= 0.6 is 0 Å². The largest absolute Gasteiger partial charge is 0.466 e. The van der Waals surface area contributed by atoms with Crippen LogP contribution in [0.2, 0.25) is 0 Å². The molecule has 0 amide bonds. The third-order valence-electron chi connectivity index (χ3n) is 5.91. The zero-order chi connectivity index (χ0) is 21.6. The van der Waals surface area contributed by atoms with Crippen LogP contribution in [-0.2, 0) is 14.3 Å². The van der Waals surface area contributed by atoms with Crippen molar-refractivity contribution in [3.05, 3.63) is 23.3 Å². The van der Waals surface area contributed by atoms with E-state index in [-0.39, 0.29) is 28.0 Å². The van der Waals surface area contributed by atoms with Gasteiger partial charge < -0.3 is 4.74 Å². The maximum Gasteiger partial charge on any atom is 0.312 e. The van der Waals surface area contributed by atoms with E-state index < -0.39 is 10.8 Å². The summed E-state index contributed by atoms with van der Waals surface area (Å²) < 4.78 is 5.47. The van der Waals surface area contributed by atoms with Crippen molar-refractivity contribution in [2.75, 3.05) is 6.61 Å². The molecule has 0 unspecified atom stereocenters. The topological polar surface area (TPSA) is 43.4 Å². The first-order valence-electron chi connectivity index (χ1n) is 10.0. The molecule has 0 spiro atoms. The normalized spacial score (nSPS) is 18.7. The number of hydrogen-bond donors (Lipinski definition) is 0. The molecule has 0 atom stereocenters. The monoisotopic (exact) mass is 376 g/mol. The molecule has 0 aliphatic heterocycles. The molecule has 0 aromatic heterocycles. The van der Waals surface area contributed by atoms with E-state index in [9.17, 15) is 9.59 Å². The molecule has 154 valence electrons. The van der Waals surface area contributed by atoms with Crippen molar-refractivity contribution >= 4 is 11.8 Å². The predicted molar refractivity (Wildman–Crippen MR) is 112 cm³/mol. The van der Waals surface area contributed by atoms with Gasteiger partial charge in [0.15, 0.2) is 5.78 Å². The minimum Gasteiger partial charge on any atom is -0.466 e. The van der Waals surface area contributed by atoms with Crippen LogP contribution in [0.3, 0.4) is 0 Å². The Hall–Kier alpha value is -1.38. The third-order valence-corrected chi connectivity index (χ3v) is 5.91. The zero-order valence-electron chi connectivity index (χ0n) is 19.6. The van der Waals surface area contributed by atoms with Gasteiger partial charge in [0.25, 0.3) is 0 Å². The number of Topliss-reactive ketones (excluding diaryl/α,β-unsaturated/α-hetero) is 1. The van der Waals surface area contributed by atoms with Crippen LogP contribution in [0, 0.1) is 27.1 Å². The Kier molecular flexibility index (Phi) is 6.05. The quantitative estimate of drug-likeness (QED) is 0.556. The average Bonchev–Trinajstić information content (AvgIpc) is 2.43. The van der Waals surface area contributed by atoms with Crippen molar-refractivity contribution < 1.29 is 14.3 Å². The average molecular weight is 377 g/mol. The van der Waals surface area contributed by atoms with E-state index in [4.69, 9.17) is 4.74 Å². The highest BCUT2D eigenvalue weighted by Gasteiger charge is 2.58. The molecule has 1 aliphatic rings. The molecule has 0 saturated heterocycles. The fraction of sp³-hybridized carbons (Fsp3) is 0.750. The van der Waals surface area contributed by atoms with Crippen LogP contribution in [0.4, 0.5) is 0 Å². The number of ether oxygens (including phenoxy) is 1. The zero-order valence-corrected chi connectivity index (χ0v) is 19.6. The molecule has 1 rings (SSSR count). The van der Waals surface area contributed by atoms with Crippen molar-refractivity contribution in [1.29, 1.82) is 0 Å². The van der Waals surface area contributed by atoms with E-state index in [1.807, 2.05) is 20.8 Å². The fourth-order valence-corrected chi connectivity index (χ4v) is 4.10. The summed E-state index contributed by atoms with van der Waals surface area (Å²) in [5.41, 5.74) is -0.840. The van der Waals surface area contributed by atoms with Crippen LogP contribution in [-0.4, -0.2) is 18.4 Å². The van der Waals surface area contributed by atoms with E-state index in [0.29, 0.717) is 6.61 Å². The highest BCUT2D eigenvalue weighted by atomic mass is 16.5. The molecule has 0 bridgehead atoms. The molecule has 0 aromatic carbocycles. The van der Waals surface area contributed by atoms with Gasteiger partial charge in [-0.2, -0.15) is 0 Å². The fourth-order valence-electron chi connectivity index (χ4n) is 4.10. The summed E-state index contributed by atoms with van der Waals surface area (Å²) in [6.07, 6.45) is 4.14.